The summed E-state index contributed by atoms with van der Waals surface area (Å²) in [5.74, 6) is 1.89. The summed E-state index contributed by atoms with van der Waals surface area (Å²) >= 11 is 0. The van der Waals surface area contributed by atoms with Crippen molar-refractivity contribution in [1.29, 1.82) is 0 Å². The predicted molar refractivity (Wildman–Crippen MR) is 91.7 cm³/mol. The van der Waals surface area contributed by atoms with Crippen molar-refractivity contribution in [2.45, 2.75) is 57.6 Å². The van der Waals surface area contributed by atoms with Crippen LogP contribution in [0.1, 0.15) is 49.7 Å². The number of carbonyl (C=O) groups excluding carboxylic acids is 1. The smallest absolute Gasteiger partial charge is 0.173 e. The molecular formula is C19H24N2O3. The zero-order valence-electron chi connectivity index (χ0n) is 14.2. The molecule has 0 amide bonds. The van der Waals surface area contributed by atoms with Crippen molar-refractivity contribution in [3.05, 3.63) is 28.2 Å². The lowest BCUT2D eigenvalue weighted by Gasteiger charge is -2.36. The summed E-state index contributed by atoms with van der Waals surface area (Å²) in [6.45, 7) is 5.30. The lowest BCUT2D eigenvalue weighted by molar-refractivity contribution is -0.129. The third-order valence-corrected chi connectivity index (χ3v) is 5.97. The van der Waals surface area contributed by atoms with Gasteiger partial charge in [-0.05, 0) is 68.3 Å². The molecule has 2 aliphatic carbocycles. The number of ether oxygens (including phenoxy) is 1. The van der Waals surface area contributed by atoms with Gasteiger partial charge in [0.25, 0.3) is 0 Å². The van der Waals surface area contributed by atoms with Gasteiger partial charge in [-0.2, -0.15) is 0 Å². The fraction of sp³-hybridized carbons (Fsp3) is 0.632. The van der Waals surface area contributed by atoms with Crippen LogP contribution in [0.15, 0.2) is 17.3 Å². The number of Topliss-reactive ketones (excluding diaryl/α,β-unsaturated/α-hetero) is 1. The van der Waals surface area contributed by atoms with E-state index in [9.17, 15) is 9.70 Å². The first-order valence-electron chi connectivity index (χ1n) is 8.99. The second-order valence-corrected chi connectivity index (χ2v) is 7.61. The highest BCUT2D eigenvalue weighted by atomic mass is 16.5. The molecule has 1 aromatic carbocycles. The van der Waals surface area contributed by atoms with Gasteiger partial charge >= 0.3 is 0 Å². The predicted octanol–water partition coefficient (Wildman–Crippen LogP) is 3.60. The van der Waals surface area contributed by atoms with E-state index in [-0.39, 0.29) is 11.7 Å². The summed E-state index contributed by atoms with van der Waals surface area (Å²) in [5, 5.41) is 6.77. The standard InChI is InChI=1S/C19H24N2O3/c1-10-3-7-14(21-23)18-16(10)17-13(6-8-15(22)19(17)24-18)11(2)20-9-12-4-5-12/h3,7,11-13,17,19-20H,4-6,8-9H2,1-2H3. The Balaban J connectivity index is 1.67. The van der Waals surface area contributed by atoms with E-state index in [0.717, 1.165) is 30.0 Å². The number of aryl methyl sites for hydroxylation is 1. The summed E-state index contributed by atoms with van der Waals surface area (Å²) < 4.78 is 5.97. The van der Waals surface area contributed by atoms with Gasteiger partial charge in [-0.15, -0.1) is 4.91 Å². The maximum atomic E-state index is 12.4. The lowest BCUT2D eigenvalue weighted by atomic mass is 9.70. The van der Waals surface area contributed by atoms with E-state index in [0.29, 0.717) is 29.8 Å². The molecular weight excluding hydrogens is 304 g/mol. The van der Waals surface area contributed by atoms with E-state index in [1.165, 1.54) is 12.8 Å². The second-order valence-electron chi connectivity index (χ2n) is 7.61. The highest BCUT2D eigenvalue weighted by Gasteiger charge is 2.49. The number of hydrogen-bond acceptors (Lipinski definition) is 5. The highest BCUT2D eigenvalue weighted by Crippen LogP contribution is 2.52. The molecule has 3 aliphatic rings. The Labute approximate surface area is 142 Å². The number of fused-ring (bicyclic) bond motifs is 3. The van der Waals surface area contributed by atoms with Crippen molar-refractivity contribution >= 4 is 11.5 Å². The topological polar surface area (TPSA) is 67.8 Å². The minimum atomic E-state index is -0.453. The van der Waals surface area contributed by atoms with Crippen LogP contribution in [-0.4, -0.2) is 24.5 Å². The fourth-order valence-corrected chi connectivity index (χ4v) is 4.37. The number of rotatable bonds is 5. The van der Waals surface area contributed by atoms with Crippen molar-refractivity contribution in [3.8, 4) is 5.75 Å². The quantitative estimate of drug-likeness (QED) is 0.839. The molecule has 2 saturated carbocycles. The molecule has 2 fully saturated rings. The van der Waals surface area contributed by atoms with Crippen molar-refractivity contribution in [1.82, 2.24) is 5.32 Å². The minimum Gasteiger partial charge on any atom is -0.479 e. The number of carbonyl (C=O) groups is 1. The van der Waals surface area contributed by atoms with Crippen molar-refractivity contribution in [2.24, 2.45) is 17.0 Å². The van der Waals surface area contributed by atoms with E-state index in [2.05, 4.69) is 17.4 Å². The number of nitrogens with one attached hydrogen (secondary N) is 1. The molecule has 0 spiro atoms. The summed E-state index contributed by atoms with van der Waals surface area (Å²) in [5.41, 5.74) is 2.42. The van der Waals surface area contributed by atoms with Crippen LogP contribution < -0.4 is 10.1 Å². The Bertz CT molecular complexity index is 683. The number of nitrogens with zero attached hydrogens (tertiary/aromatic N) is 1. The Kier molecular flexibility index (Phi) is 3.91. The molecule has 4 atom stereocenters. The van der Waals surface area contributed by atoms with E-state index in [1.54, 1.807) is 6.07 Å². The van der Waals surface area contributed by atoms with Gasteiger partial charge in [-0.25, -0.2) is 0 Å². The Morgan fingerprint density at radius 2 is 2.12 bits per heavy atom. The van der Waals surface area contributed by atoms with Crippen LogP contribution in [0.2, 0.25) is 0 Å². The van der Waals surface area contributed by atoms with Crippen LogP contribution in [0.3, 0.4) is 0 Å². The molecule has 1 aliphatic heterocycles. The maximum absolute atomic E-state index is 12.4. The van der Waals surface area contributed by atoms with Gasteiger partial charge in [0.2, 0.25) is 0 Å². The summed E-state index contributed by atoms with van der Waals surface area (Å²) in [7, 11) is 0. The Hall–Kier alpha value is -1.75. The molecule has 5 heteroatoms. The van der Waals surface area contributed by atoms with Gasteiger partial charge in [0.15, 0.2) is 17.6 Å². The minimum absolute atomic E-state index is 0.0321. The lowest BCUT2D eigenvalue weighted by Crippen LogP contribution is -2.46. The van der Waals surface area contributed by atoms with Crippen LogP contribution in [0.5, 0.6) is 5.75 Å². The molecule has 1 N–H and O–H groups in total. The SMILES string of the molecule is Cc1ccc(N=O)c2c1C1C(O2)C(=O)CCC1C(C)NCC1CC1. The molecule has 0 radical (unpaired) electrons. The zero-order valence-corrected chi connectivity index (χ0v) is 14.2. The molecule has 128 valence electrons. The molecule has 5 nitrogen and oxygen atoms in total. The molecule has 1 heterocycles. The van der Waals surface area contributed by atoms with Crippen LogP contribution in [-0.2, 0) is 4.79 Å². The van der Waals surface area contributed by atoms with Crippen molar-refractivity contribution in [2.75, 3.05) is 6.54 Å². The highest BCUT2D eigenvalue weighted by molar-refractivity contribution is 5.87. The molecule has 24 heavy (non-hydrogen) atoms. The van der Waals surface area contributed by atoms with Crippen LogP contribution in [0.25, 0.3) is 0 Å². The first-order valence-corrected chi connectivity index (χ1v) is 8.99. The fourth-order valence-electron chi connectivity index (χ4n) is 4.37. The monoisotopic (exact) mass is 328 g/mol. The average Bonchev–Trinajstić information content (AvgIpc) is 3.31. The number of ketones is 1. The Morgan fingerprint density at radius 3 is 2.83 bits per heavy atom. The van der Waals surface area contributed by atoms with E-state index in [4.69, 9.17) is 4.74 Å². The molecule has 4 rings (SSSR count). The van der Waals surface area contributed by atoms with Crippen LogP contribution in [0, 0.1) is 23.7 Å². The normalized spacial score (nSPS) is 29.6. The average molecular weight is 328 g/mol. The first-order chi connectivity index (χ1) is 11.6. The van der Waals surface area contributed by atoms with Gasteiger partial charge in [0.1, 0.15) is 5.69 Å². The van der Waals surface area contributed by atoms with E-state index < -0.39 is 6.10 Å². The number of benzene rings is 1. The molecule has 4 unspecified atom stereocenters. The zero-order chi connectivity index (χ0) is 16.8. The van der Waals surface area contributed by atoms with Gasteiger partial charge < -0.3 is 10.1 Å². The van der Waals surface area contributed by atoms with E-state index >= 15 is 0 Å². The van der Waals surface area contributed by atoms with Crippen molar-refractivity contribution < 1.29 is 9.53 Å². The van der Waals surface area contributed by atoms with Crippen LogP contribution >= 0.6 is 0 Å². The first kappa shape index (κ1) is 15.8. The van der Waals surface area contributed by atoms with E-state index in [1.807, 2.05) is 13.0 Å². The van der Waals surface area contributed by atoms with Gasteiger partial charge in [0, 0.05) is 23.9 Å². The summed E-state index contributed by atoms with van der Waals surface area (Å²) in [4.78, 5) is 23.6. The second kappa shape index (κ2) is 5.96. The molecule has 0 aromatic heterocycles. The van der Waals surface area contributed by atoms with Crippen LogP contribution in [0.4, 0.5) is 5.69 Å². The number of nitroso groups, excluding NO2 is 1. The Morgan fingerprint density at radius 1 is 1.33 bits per heavy atom. The summed E-state index contributed by atoms with van der Waals surface area (Å²) in [6, 6.07) is 3.93. The third-order valence-electron chi connectivity index (χ3n) is 5.97. The van der Waals surface area contributed by atoms with Gasteiger partial charge in [-0.3, -0.25) is 4.79 Å². The number of hydrogen-bond donors (Lipinski definition) is 1. The summed E-state index contributed by atoms with van der Waals surface area (Å²) in [6.07, 6.45) is 3.63. The van der Waals surface area contributed by atoms with Gasteiger partial charge in [-0.1, -0.05) is 6.07 Å². The maximum Gasteiger partial charge on any atom is 0.173 e. The van der Waals surface area contributed by atoms with Crippen molar-refractivity contribution in [3.63, 3.8) is 0 Å². The molecule has 0 saturated heterocycles. The third kappa shape index (κ3) is 2.55. The molecule has 0 bridgehead atoms. The largest absolute Gasteiger partial charge is 0.479 e. The molecule has 1 aromatic rings. The van der Waals surface area contributed by atoms with Gasteiger partial charge in [0.05, 0.1) is 0 Å².